The van der Waals surface area contributed by atoms with Gasteiger partial charge in [0.1, 0.15) is 12.0 Å². The molecule has 4 rings (SSSR count). The summed E-state index contributed by atoms with van der Waals surface area (Å²) in [5.74, 6) is 0.478. The Morgan fingerprint density at radius 3 is 2.63 bits per heavy atom. The normalized spacial score (nSPS) is 29.1. The average Bonchev–Trinajstić information content (AvgIpc) is 2.65. The Balaban J connectivity index is 1.38. The monoisotopic (exact) mass is 372 g/mol. The fourth-order valence-electron chi connectivity index (χ4n) is 4.65. The highest BCUT2D eigenvalue weighted by atomic mass is 19.1. The molecule has 0 unspecified atom stereocenters. The molecular formula is C22H26F2N2O. The fourth-order valence-corrected chi connectivity index (χ4v) is 4.65. The van der Waals surface area contributed by atoms with Crippen LogP contribution in [0, 0.1) is 17.7 Å². The van der Waals surface area contributed by atoms with Crippen molar-refractivity contribution in [2.45, 2.75) is 63.6 Å². The lowest BCUT2D eigenvalue weighted by Gasteiger charge is -2.35. The molecule has 2 fully saturated rings. The number of nitrogens with one attached hydrogen (secondary N) is 1. The molecule has 2 aromatic rings. The first-order valence-electron chi connectivity index (χ1n) is 10.00. The molecule has 0 bridgehead atoms. The highest BCUT2D eigenvalue weighted by molar-refractivity contribution is 5.82. The number of halogens is 2. The maximum Gasteiger partial charge on any atom is 0.223 e. The van der Waals surface area contributed by atoms with Gasteiger partial charge in [0, 0.05) is 23.5 Å². The molecule has 144 valence electrons. The molecule has 5 heteroatoms. The Morgan fingerprint density at radius 1 is 1.19 bits per heavy atom. The Labute approximate surface area is 158 Å². The minimum Gasteiger partial charge on any atom is -0.353 e. The van der Waals surface area contributed by atoms with Crippen LogP contribution in [0.5, 0.6) is 0 Å². The molecular weight excluding hydrogens is 346 g/mol. The number of amides is 1. The molecule has 1 aromatic heterocycles. The second kappa shape index (κ2) is 7.53. The summed E-state index contributed by atoms with van der Waals surface area (Å²) in [5.41, 5.74) is 2.02. The fraction of sp³-hybridized carbons (Fsp3) is 0.545. The summed E-state index contributed by atoms with van der Waals surface area (Å²) in [6, 6.07) is 6.90. The number of rotatable bonds is 4. The van der Waals surface area contributed by atoms with Gasteiger partial charge >= 0.3 is 0 Å². The van der Waals surface area contributed by atoms with Crippen LogP contribution < -0.4 is 5.32 Å². The molecule has 3 nitrogen and oxygen atoms in total. The number of benzene rings is 1. The van der Waals surface area contributed by atoms with E-state index in [4.69, 9.17) is 0 Å². The van der Waals surface area contributed by atoms with E-state index in [-0.39, 0.29) is 23.7 Å². The summed E-state index contributed by atoms with van der Waals surface area (Å²) in [5, 5.41) is 4.01. The smallest absolute Gasteiger partial charge is 0.223 e. The van der Waals surface area contributed by atoms with Gasteiger partial charge in [0.05, 0.1) is 5.52 Å². The van der Waals surface area contributed by atoms with Gasteiger partial charge in [0.15, 0.2) is 0 Å². The molecule has 2 aliphatic carbocycles. The molecule has 2 aliphatic rings. The number of aromatic nitrogens is 1. The van der Waals surface area contributed by atoms with E-state index in [0.29, 0.717) is 24.7 Å². The van der Waals surface area contributed by atoms with Crippen molar-refractivity contribution in [1.82, 2.24) is 10.3 Å². The zero-order chi connectivity index (χ0) is 19.0. The first-order chi connectivity index (χ1) is 13.0. The average molecular weight is 372 g/mol. The van der Waals surface area contributed by atoms with Crippen molar-refractivity contribution in [3.63, 3.8) is 0 Å². The largest absolute Gasteiger partial charge is 0.353 e. The predicted molar refractivity (Wildman–Crippen MR) is 102 cm³/mol. The number of fused-ring (bicyclic) bond motifs is 1. The highest BCUT2D eigenvalue weighted by Gasteiger charge is 2.36. The van der Waals surface area contributed by atoms with Gasteiger partial charge in [-0.2, -0.15) is 0 Å². The minimum atomic E-state index is -0.800. The van der Waals surface area contributed by atoms with Crippen LogP contribution in [0.2, 0.25) is 0 Å². The van der Waals surface area contributed by atoms with E-state index < -0.39 is 6.17 Å². The summed E-state index contributed by atoms with van der Waals surface area (Å²) < 4.78 is 26.7. The SMILES string of the molecule is C[C@@H](NC(=O)C1CC(F)C1)C1CCC(c2ccnc3ccc(F)cc23)CC1. The van der Waals surface area contributed by atoms with Gasteiger partial charge in [-0.15, -0.1) is 0 Å². The van der Waals surface area contributed by atoms with Crippen molar-refractivity contribution in [3.05, 3.63) is 41.8 Å². The Bertz CT molecular complexity index is 826. The number of carbonyl (C=O) groups excluding carboxylic acids is 1. The predicted octanol–water partition coefficient (Wildman–Crippen LogP) is 4.90. The standard InChI is InChI=1S/C22H26F2N2O/c1-13(26-22(27)16-10-18(24)11-16)14-2-4-15(5-3-14)19-8-9-25-21-7-6-17(23)12-20(19)21/h6-9,12-16,18H,2-5,10-11H2,1H3,(H,26,27)/t13-,14?,15?,16?,18?/m1/s1. The molecule has 1 aromatic carbocycles. The van der Waals surface area contributed by atoms with Crippen LogP contribution in [-0.4, -0.2) is 23.1 Å². The molecule has 0 spiro atoms. The van der Waals surface area contributed by atoms with E-state index in [0.717, 1.165) is 36.6 Å². The molecule has 0 aliphatic heterocycles. The number of hydrogen-bond donors (Lipinski definition) is 1. The first kappa shape index (κ1) is 18.3. The molecule has 1 heterocycles. The Morgan fingerprint density at radius 2 is 1.93 bits per heavy atom. The molecule has 1 N–H and O–H groups in total. The lowest BCUT2D eigenvalue weighted by molar-refractivity contribution is -0.130. The zero-order valence-electron chi connectivity index (χ0n) is 15.6. The quantitative estimate of drug-likeness (QED) is 0.829. The number of hydrogen-bond acceptors (Lipinski definition) is 2. The molecule has 27 heavy (non-hydrogen) atoms. The summed E-state index contributed by atoms with van der Waals surface area (Å²) in [4.78, 5) is 16.5. The summed E-state index contributed by atoms with van der Waals surface area (Å²) in [6.45, 7) is 2.06. The molecule has 1 amide bonds. The second-order valence-electron chi connectivity index (χ2n) is 8.24. The van der Waals surface area contributed by atoms with Crippen LogP contribution in [-0.2, 0) is 4.79 Å². The third-order valence-corrected chi connectivity index (χ3v) is 6.48. The topological polar surface area (TPSA) is 42.0 Å². The van der Waals surface area contributed by atoms with E-state index in [1.165, 1.54) is 11.6 Å². The minimum absolute atomic E-state index is 0.00845. The summed E-state index contributed by atoms with van der Waals surface area (Å²) in [6.07, 6.45) is 5.86. The molecule has 0 radical (unpaired) electrons. The Hall–Kier alpha value is -2.04. The van der Waals surface area contributed by atoms with Gasteiger partial charge in [0.25, 0.3) is 0 Å². The van der Waals surface area contributed by atoms with Gasteiger partial charge in [-0.1, -0.05) is 0 Å². The van der Waals surface area contributed by atoms with E-state index in [9.17, 15) is 13.6 Å². The molecule has 0 saturated heterocycles. The van der Waals surface area contributed by atoms with Gasteiger partial charge in [-0.05, 0) is 87.1 Å². The lowest BCUT2D eigenvalue weighted by atomic mass is 9.75. The van der Waals surface area contributed by atoms with E-state index in [1.807, 2.05) is 6.07 Å². The van der Waals surface area contributed by atoms with Crippen molar-refractivity contribution >= 4 is 16.8 Å². The number of carbonyl (C=O) groups is 1. The van der Waals surface area contributed by atoms with Crippen LogP contribution >= 0.6 is 0 Å². The van der Waals surface area contributed by atoms with Gasteiger partial charge < -0.3 is 5.32 Å². The Kier molecular flexibility index (Phi) is 5.11. The third kappa shape index (κ3) is 3.83. The lowest BCUT2D eigenvalue weighted by Crippen LogP contribution is -2.46. The first-order valence-corrected chi connectivity index (χ1v) is 10.00. The van der Waals surface area contributed by atoms with Gasteiger partial charge in [-0.25, -0.2) is 8.78 Å². The van der Waals surface area contributed by atoms with Crippen molar-refractivity contribution in [1.29, 1.82) is 0 Å². The van der Waals surface area contributed by atoms with Crippen LogP contribution in [0.1, 0.15) is 56.9 Å². The summed E-state index contributed by atoms with van der Waals surface area (Å²) in [7, 11) is 0. The maximum atomic E-state index is 13.7. The van der Waals surface area contributed by atoms with Crippen molar-refractivity contribution in [2.24, 2.45) is 11.8 Å². The van der Waals surface area contributed by atoms with E-state index in [2.05, 4.69) is 17.2 Å². The second-order valence-corrected chi connectivity index (χ2v) is 8.24. The van der Waals surface area contributed by atoms with Gasteiger partial charge in [-0.3, -0.25) is 9.78 Å². The van der Waals surface area contributed by atoms with Crippen molar-refractivity contribution in [3.8, 4) is 0 Å². The van der Waals surface area contributed by atoms with Crippen molar-refractivity contribution < 1.29 is 13.6 Å². The van der Waals surface area contributed by atoms with E-state index in [1.54, 1.807) is 18.3 Å². The number of nitrogens with zero attached hydrogens (tertiary/aromatic N) is 1. The van der Waals surface area contributed by atoms with Crippen LogP contribution in [0.3, 0.4) is 0 Å². The van der Waals surface area contributed by atoms with Gasteiger partial charge in [0.2, 0.25) is 5.91 Å². The van der Waals surface area contributed by atoms with Crippen LogP contribution in [0.25, 0.3) is 10.9 Å². The van der Waals surface area contributed by atoms with Crippen molar-refractivity contribution in [2.75, 3.05) is 0 Å². The van der Waals surface area contributed by atoms with Crippen LogP contribution in [0.4, 0.5) is 8.78 Å². The number of alkyl halides is 1. The molecule has 1 atom stereocenters. The zero-order valence-corrected chi connectivity index (χ0v) is 15.6. The third-order valence-electron chi connectivity index (χ3n) is 6.48. The van der Waals surface area contributed by atoms with E-state index >= 15 is 0 Å². The number of pyridine rings is 1. The van der Waals surface area contributed by atoms with Crippen LogP contribution in [0.15, 0.2) is 30.5 Å². The maximum absolute atomic E-state index is 13.7. The highest BCUT2D eigenvalue weighted by Crippen LogP contribution is 2.39. The molecule has 2 saturated carbocycles. The summed E-state index contributed by atoms with van der Waals surface area (Å²) >= 11 is 0.